The number of ether oxygens (including phenoxy) is 1. The SMILES string of the molecule is CC(=O)N1CCC[C@@H]1[C@@H]1CCCN1C[C@H](O)CN1CCOCC1. The number of aliphatic hydroxyl groups is 1. The van der Waals surface area contributed by atoms with Crippen LogP contribution < -0.4 is 0 Å². The molecule has 6 nitrogen and oxygen atoms in total. The average Bonchev–Trinajstić information content (AvgIpc) is 3.16. The van der Waals surface area contributed by atoms with Crippen molar-refractivity contribution in [3.8, 4) is 0 Å². The second-order valence-electron chi connectivity index (χ2n) is 7.19. The van der Waals surface area contributed by atoms with Crippen LogP contribution >= 0.6 is 0 Å². The van der Waals surface area contributed by atoms with Crippen LogP contribution in [0.15, 0.2) is 0 Å². The third kappa shape index (κ3) is 4.24. The number of aliphatic hydroxyl groups excluding tert-OH is 1. The molecular formula is C17H31N3O3. The Morgan fingerprint density at radius 3 is 2.52 bits per heavy atom. The summed E-state index contributed by atoms with van der Waals surface area (Å²) in [5.41, 5.74) is 0. The van der Waals surface area contributed by atoms with Gasteiger partial charge in [-0.05, 0) is 32.2 Å². The maximum absolute atomic E-state index is 11.8. The third-order valence-corrected chi connectivity index (χ3v) is 5.58. The Hall–Kier alpha value is -0.690. The third-order valence-electron chi connectivity index (χ3n) is 5.58. The molecule has 3 rings (SSSR count). The zero-order valence-corrected chi connectivity index (χ0v) is 14.3. The molecule has 0 bridgehead atoms. The number of amides is 1. The minimum Gasteiger partial charge on any atom is -0.390 e. The Bertz CT molecular complexity index is 401. The summed E-state index contributed by atoms with van der Waals surface area (Å²) in [6.45, 7) is 8.47. The average molecular weight is 325 g/mol. The Balaban J connectivity index is 1.53. The van der Waals surface area contributed by atoms with Crippen LogP contribution in [0.1, 0.15) is 32.6 Å². The van der Waals surface area contributed by atoms with E-state index in [1.165, 1.54) is 6.42 Å². The minimum absolute atomic E-state index is 0.202. The van der Waals surface area contributed by atoms with Gasteiger partial charge in [0.05, 0.1) is 19.3 Å². The smallest absolute Gasteiger partial charge is 0.219 e. The molecule has 6 heteroatoms. The van der Waals surface area contributed by atoms with Gasteiger partial charge in [-0.2, -0.15) is 0 Å². The molecule has 0 aromatic carbocycles. The zero-order valence-electron chi connectivity index (χ0n) is 14.3. The van der Waals surface area contributed by atoms with Gasteiger partial charge in [0.25, 0.3) is 0 Å². The van der Waals surface area contributed by atoms with Crippen molar-refractivity contribution < 1.29 is 14.6 Å². The summed E-state index contributed by atoms with van der Waals surface area (Å²) in [5, 5.41) is 10.5. The Morgan fingerprint density at radius 1 is 1.09 bits per heavy atom. The first-order valence-electron chi connectivity index (χ1n) is 9.14. The van der Waals surface area contributed by atoms with E-state index in [1.807, 2.05) is 0 Å². The Morgan fingerprint density at radius 2 is 1.78 bits per heavy atom. The van der Waals surface area contributed by atoms with Crippen LogP contribution in [0.2, 0.25) is 0 Å². The van der Waals surface area contributed by atoms with Crippen molar-refractivity contribution in [2.75, 3.05) is 52.5 Å². The molecule has 3 saturated heterocycles. The van der Waals surface area contributed by atoms with Crippen LogP contribution in [0.5, 0.6) is 0 Å². The van der Waals surface area contributed by atoms with Gasteiger partial charge in [-0.3, -0.25) is 14.6 Å². The van der Waals surface area contributed by atoms with E-state index in [0.29, 0.717) is 12.1 Å². The van der Waals surface area contributed by atoms with Crippen LogP contribution in [0.25, 0.3) is 0 Å². The van der Waals surface area contributed by atoms with Gasteiger partial charge in [0.15, 0.2) is 0 Å². The molecule has 0 spiro atoms. The first-order chi connectivity index (χ1) is 11.1. The van der Waals surface area contributed by atoms with Gasteiger partial charge in [-0.15, -0.1) is 0 Å². The standard InChI is InChI=1S/C17H31N3O3/c1-14(21)20-7-3-5-17(20)16-4-2-6-19(16)13-15(22)12-18-8-10-23-11-9-18/h15-17,22H,2-13H2,1H3/t15-,16+,17-/m1/s1. The monoisotopic (exact) mass is 325 g/mol. The van der Waals surface area contributed by atoms with E-state index in [2.05, 4.69) is 14.7 Å². The Kier molecular flexibility index (Phi) is 5.91. The number of rotatable bonds is 5. The number of hydrogen-bond acceptors (Lipinski definition) is 5. The molecule has 0 aromatic heterocycles. The number of β-amino-alcohol motifs (C(OH)–C–C–N with tert-alkyl or cyclic N) is 1. The predicted molar refractivity (Wildman–Crippen MR) is 88.3 cm³/mol. The molecular weight excluding hydrogens is 294 g/mol. The summed E-state index contributed by atoms with van der Waals surface area (Å²) in [7, 11) is 0. The van der Waals surface area contributed by atoms with Crippen molar-refractivity contribution in [3.05, 3.63) is 0 Å². The van der Waals surface area contributed by atoms with Gasteiger partial charge in [-0.1, -0.05) is 0 Å². The molecule has 0 aliphatic carbocycles. The molecule has 1 amide bonds. The highest BCUT2D eigenvalue weighted by atomic mass is 16.5. The molecule has 132 valence electrons. The molecule has 0 saturated carbocycles. The molecule has 1 N–H and O–H groups in total. The van der Waals surface area contributed by atoms with E-state index >= 15 is 0 Å². The van der Waals surface area contributed by atoms with E-state index < -0.39 is 0 Å². The summed E-state index contributed by atoms with van der Waals surface area (Å²) >= 11 is 0. The molecule has 3 heterocycles. The number of hydrogen-bond donors (Lipinski definition) is 1. The van der Waals surface area contributed by atoms with Crippen molar-refractivity contribution in [3.63, 3.8) is 0 Å². The highest BCUT2D eigenvalue weighted by Gasteiger charge is 2.39. The van der Waals surface area contributed by atoms with E-state index in [9.17, 15) is 9.90 Å². The van der Waals surface area contributed by atoms with Gasteiger partial charge < -0.3 is 14.7 Å². The lowest BCUT2D eigenvalue weighted by molar-refractivity contribution is -0.130. The van der Waals surface area contributed by atoms with Crippen molar-refractivity contribution in [2.45, 2.75) is 50.8 Å². The summed E-state index contributed by atoms with van der Waals surface area (Å²) in [6.07, 6.45) is 4.24. The second kappa shape index (κ2) is 7.92. The first kappa shape index (κ1) is 17.1. The molecule has 23 heavy (non-hydrogen) atoms. The van der Waals surface area contributed by atoms with Gasteiger partial charge in [0, 0.05) is 51.7 Å². The quantitative estimate of drug-likeness (QED) is 0.780. The van der Waals surface area contributed by atoms with Crippen molar-refractivity contribution in [1.29, 1.82) is 0 Å². The summed E-state index contributed by atoms with van der Waals surface area (Å²) in [4.78, 5) is 18.6. The molecule has 3 atom stereocenters. The topological polar surface area (TPSA) is 56.2 Å². The van der Waals surface area contributed by atoms with Crippen molar-refractivity contribution in [1.82, 2.24) is 14.7 Å². The molecule has 3 aliphatic heterocycles. The largest absolute Gasteiger partial charge is 0.390 e. The van der Waals surface area contributed by atoms with E-state index in [4.69, 9.17) is 4.74 Å². The van der Waals surface area contributed by atoms with Crippen molar-refractivity contribution >= 4 is 5.91 Å². The van der Waals surface area contributed by atoms with E-state index in [1.54, 1.807) is 6.92 Å². The zero-order chi connectivity index (χ0) is 16.2. The normalized spacial score (nSPS) is 31.7. The fraction of sp³-hybridized carbons (Fsp3) is 0.941. The fourth-order valence-electron chi connectivity index (χ4n) is 4.51. The summed E-state index contributed by atoms with van der Waals surface area (Å²) in [6, 6.07) is 0.784. The maximum Gasteiger partial charge on any atom is 0.219 e. The number of morpholine rings is 1. The maximum atomic E-state index is 11.8. The number of likely N-dealkylation sites (tertiary alicyclic amines) is 2. The molecule has 0 unspecified atom stereocenters. The number of carbonyl (C=O) groups excluding carboxylic acids is 1. The molecule has 3 fully saturated rings. The van der Waals surface area contributed by atoms with Crippen LogP contribution in [0, 0.1) is 0 Å². The lowest BCUT2D eigenvalue weighted by Gasteiger charge is -2.36. The van der Waals surface area contributed by atoms with Crippen LogP contribution in [0.4, 0.5) is 0 Å². The van der Waals surface area contributed by atoms with Gasteiger partial charge in [0.1, 0.15) is 0 Å². The van der Waals surface area contributed by atoms with E-state index in [-0.39, 0.29) is 12.0 Å². The van der Waals surface area contributed by atoms with Crippen LogP contribution in [-0.4, -0.2) is 96.4 Å². The minimum atomic E-state index is -0.319. The highest BCUT2D eigenvalue weighted by Crippen LogP contribution is 2.30. The van der Waals surface area contributed by atoms with Gasteiger partial charge >= 0.3 is 0 Å². The lowest BCUT2D eigenvalue weighted by Crippen LogP contribution is -2.51. The molecule has 3 aliphatic rings. The fourth-order valence-corrected chi connectivity index (χ4v) is 4.51. The van der Waals surface area contributed by atoms with Gasteiger partial charge in [0.2, 0.25) is 5.91 Å². The number of carbonyl (C=O) groups is 1. The summed E-state index contributed by atoms with van der Waals surface area (Å²) < 4.78 is 5.36. The second-order valence-corrected chi connectivity index (χ2v) is 7.19. The lowest BCUT2D eigenvalue weighted by atomic mass is 10.0. The molecule has 0 radical (unpaired) electrons. The van der Waals surface area contributed by atoms with Gasteiger partial charge in [-0.25, -0.2) is 0 Å². The molecule has 0 aromatic rings. The highest BCUT2D eigenvalue weighted by molar-refractivity contribution is 5.74. The predicted octanol–water partition coefficient (Wildman–Crippen LogP) is 0.155. The van der Waals surface area contributed by atoms with Crippen molar-refractivity contribution in [2.24, 2.45) is 0 Å². The number of nitrogens with zero attached hydrogens (tertiary/aromatic N) is 3. The Labute approximate surface area is 139 Å². The van der Waals surface area contributed by atoms with Crippen LogP contribution in [0.3, 0.4) is 0 Å². The van der Waals surface area contributed by atoms with Crippen LogP contribution in [-0.2, 0) is 9.53 Å². The summed E-state index contributed by atoms with van der Waals surface area (Å²) in [5.74, 6) is 0.202. The van der Waals surface area contributed by atoms with E-state index in [0.717, 1.165) is 71.7 Å². The first-order valence-corrected chi connectivity index (χ1v) is 9.14.